The molecule has 6 heteroatoms. The highest BCUT2D eigenvalue weighted by atomic mass is 32.2. The van der Waals surface area contributed by atoms with Crippen molar-refractivity contribution in [3.05, 3.63) is 29.8 Å². The molecule has 132 valence electrons. The first kappa shape index (κ1) is 18.6. The van der Waals surface area contributed by atoms with Gasteiger partial charge in [0.15, 0.2) is 0 Å². The molecule has 2 unspecified atom stereocenters. The van der Waals surface area contributed by atoms with E-state index in [1.54, 1.807) is 0 Å². The van der Waals surface area contributed by atoms with E-state index in [-0.39, 0.29) is 18.0 Å². The van der Waals surface area contributed by atoms with Gasteiger partial charge in [-0.1, -0.05) is 31.9 Å². The summed E-state index contributed by atoms with van der Waals surface area (Å²) in [6, 6.07) is 7.82. The predicted molar refractivity (Wildman–Crippen MR) is 98.2 cm³/mol. The first-order valence-corrected chi connectivity index (χ1v) is 9.55. The van der Waals surface area contributed by atoms with Crippen LogP contribution in [0.15, 0.2) is 24.3 Å². The van der Waals surface area contributed by atoms with Crippen LogP contribution in [0, 0.1) is 5.92 Å². The van der Waals surface area contributed by atoms with Gasteiger partial charge in [0.05, 0.1) is 12.9 Å². The lowest BCUT2D eigenvalue weighted by Gasteiger charge is -2.29. The Kier molecular flexibility index (Phi) is 7.43. The molecule has 2 atom stereocenters. The lowest BCUT2D eigenvalue weighted by Crippen LogP contribution is -2.43. The van der Waals surface area contributed by atoms with Crippen molar-refractivity contribution in [2.24, 2.45) is 5.92 Å². The number of urea groups is 1. The maximum atomic E-state index is 12.2. The number of rotatable bonds is 6. The van der Waals surface area contributed by atoms with Gasteiger partial charge in [-0.05, 0) is 36.5 Å². The predicted octanol–water partition coefficient (Wildman–Crippen LogP) is 3.79. The molecule has 0 saturated heterocycles. The second-order valence-electron chi connectivity index (χ2n) is 6.24. The van der Waals surface area contributed by atoms with Crippen LogP contribution in [0.25, 0.3) is 0 Å². The molecule has 0 bridgehead atoms. The van der Waals surface area contributed by atoms with E-state index in [0.717, 1.165) is 17.7 Å². The molecule has 2 N–H and O–H groups in total. The first-order valence-electron chi connectivity index (χ1n) is 8.39. The zero-order chi connectivity index (χ0) is 17.4. The van der Waals surface area contributed by atoms with Gasteiger partial charge in [0.2, 0.25) is 0 Å². The smallest absolute Gasteiger partial charge is 0.319 e. The maximum absolute atomic E-state index is 12.2. The van der Waals surface area contributed by atoms with Crippen molar-refractivity contribution in [1.82, 2.24) is 5.32 Å². The van der Waals surface area contributed by atoms with Gasteiger partial charge in [-0.15, -0.1) is 11.8 Å². The minimum absolute atomic E-state index is 0.145. The number of amides is 2. The van der Waals surface area contributed by atoms with Gasteiger partial charge in [-0.25, -0.2) is 4.79 Å². The Morgan fingerprint density at radius 3 is 2.83 bits per heavy atom. The van der Waals surface area contributed by atoms with Crippen molar-refractivity contribution in [2.45, 2.75) is 44.4 Å². The number of benzene rings is 1. The first-order chi connectivity index (χ1) is 11.6. The van der Waals surface area contributed by atoms with Crippen LogP contribution in [-0.2, 0) is 15.3 Å². The van der Waals surface area contributed by atoms with E-state index in [9.17, 15) is 9.59 Å². The van der Waals surface area contributed by atoms with Gasteiger partial charge in [-0.3, -0.25) is 4.79 Å². The van der Waals surface area contributed by atoms with Crippen LogP contribution >= 0.6 is 11.8 Å². The lowest BCUT2D eigenvalue weighted by atomic mass is 9.86. The molecular formula is C18H26N2O3S. The number of ether oxygens (including phenoxy) is 1. The van der Waals surface area contributed by atoms with Crippen LogP contribution in [0.2, 0.25) is 0 Å². The Morgan fingerprint density at radius 1 is 1.29 bits per heavy atom. The monoisotopic (exact) mass is 350 g/mol. The number of carbonyl (C=O) groups excluding carboxylic acids is 2. The highest BCUT2D eigenvalue weighted by Gasteiger charge is 2.22. The molecule has 1 fully saturated rings. The van der Waals surface area contributed by atoms with Crippen molar-refractivity contribution in [2.75, 3.05) is 18.2 Å². The quantitative estimate of drug-likeness (QED) is 0.766. The fourth-order valence-corrected chi connectivity index (χ4v) is 3.72. The Balaban J connectivity index is 1.82. The van der Waals surface area contributed by atoms with E-state index in [2.05, 4.69) is 22.3 Å². The zero-order valence-electron chi connectivity index (χ0n) is 14.3. The fourth-order valence-electron chi connectivity index (χ4n) is 2.92. The maximum Gasteiger partial charge on any atom is 0.319 e. The summed E-state index contributed by atoms with van der Waals surface area (Å²) in [7, 11) is 1.39. The summed E-state index contributed by atoms with van der Waals surface area (Å²) in [6.07, 6.45) is 4.67. The Labute approximate surface area is 147 Å². The summed E-state index contributed by atoms with van der Waals surface area (Å²) >= 11 is 1.49. The minimum Gasteiger partial charge on any atom is -0.468 e. The summed E-state index contributed by atoms with van der Waals surface area (Å²) in [5, 5.41) is 6.00. The van der Waals surface area contributed by atoms with Crippen LogP contribution in [0.1, 0.15) is 38.2 Å². The second-order valence-corrected chi connectivity index (χ2v) is 7.22. The lowest BCUT2D eigenvalue weighted by molar-refractivity contribution is -0.137. The molecule has 2 rings (SSSR count). The van der Waals surface area contributed by atoms with E-state index in [1.165, 1.54) is 38.1 Å². The number of carbonyl (C=O) groups is 2. The average Bonchev–Trinajstić information content (AvgIpc) is 2.57. The summed E-state index contributed by atoms with van der Waals surface area (Å²) in [6.45, 7) is 2.20. The molecule has 1 aromatic rings. The molecule has 5 nitrogen and oxygen atoms in total. The molecule has 0 radical (unpaired) electrons. The van der Waals surface area contributed by atoms with Crippen molar-refractivity contribution in [3.63, 3.8) is 0 Å². The number of hydrogen-bond acceptors (Lipinski definition) is 4. The van der Waals surface area contributed by atoms with Crippen LogP contribution < -0.4 is 10.6 Å². The minimum atomic E-state index is -0.227. The molecule has 24 heavy (non-hydrogen) atoms. The zero-order valence-corrected chi connectivity index (χ0v) is 15.2. The number of esters is 1. The van der Waals surface area contributed by atoms with E-state index in [4.69, 9.17) is 0 Å². The molecular weight excluding hydrogens is 324 g/mol. The van der Waals surface area contributed by atoms with Gasteiger partial charge in [0.1, 0.15) is 0 Å². The molecule has 1 aromatic carbocycles. The summed E-state index contributed by atoms with van der Waals surface area (Å²) in [5.74, 6) is 1.33. The largest absolute Gasteiger partial charge is 0.468 e. The third-order valence-electron chi connectivity index (χ3n) is 4.33. The summed E-state index contributed by atoms with van der Waals surface area (Å²) < 4.78 is 4.62. The van der Waals surface area contributed by atoms with Gasteiger partial charge in [0.25, 0.3) is 0 Å². The Bertz CT molecular complexity index is 565. The Hall–Kier alpha value is -1.69. The van der Waals surface area contributed by atoms with Crippen LogP contribution in [0.5, 0.6) is 0 Å². The van der Waals surface area contributed by atoms with Crippen molar-refractivity contribution in [3.8, 4) is 0 Å². The Morgan fingerprint density at radius 2 is 2.08 bits per heavy atom. The summed E-state index contributed by atoms with van der Waals surface area (Å²) in [4.78, 5) is 23.3. The van der Waals surface area contributed by atoms with E-state index < -0.39 is 0 Å². The molecule has 0 aromatic heterocycles. The molecule has 0 spiro atoms. The third kappa shape index (κ3) is 6.07. The number of anilines is 1. The van der Waals surface area contributed by atoms with Crippen molar-refractivity contribution < 1.29 is 14.3 Å². The molecule has 0 aliphatic heterocycles. The van der Waals surface area contributed by atoms with Gasteiger partial charge < -0.3 is 15.4 Å². The summed E-state index contributed by atoms with van der Waals surface area (Å²) in [5.41, 5.74) is 1.83. The van der Waals surface area contributed by atoms with Crippen LogP contribution in [-0.4, -0.2) is 30.9 Å². The van der Waals surface area contributed by atoms with Crippen molar-refractivity contribution >= 4 is 29.4 Å². The fraction of sp³-hybridized carbons (Fsp3) is 0.556. The van der Waals surface area contributed by atoms with Crippen LogP contribution in [0.3, 0.4) is 0 Å². The molecule has 1 aliphatic carbocycles. The normalized spacial score (nSPS) is 20.2. The van der Waals surface area contributed by atoms with E-state index in [0.29, 0.717) is 17.4 Å². The molecule has 1 aliphatic rings. The SMILES string of the molecule is COC(=O)CSCc1cccc(NC(=O)NC2CCCCC2C)c1. The van der Waals surface area contributed by atoms with Crippen LogP contribution in [0.4, 0.5) is 10.5 Å². The standard InChI is InChI=1S/C18H26N2O3S/c1-13-6-3-4-9-16(13)20-18(22)19-15-8-5-7-14(10-15)11-24-12-17(21)23-2/h5,7-8,10,13,16H,3-4,6,9,11-12H2,1-2H3,(H2,19,20,22). The third-order valence-corrected chi connectivity index (χ3v) is 5.31. The number of nitrogens with one attached hydrogen (secondary N) is 2. The number of hydrogen-bond donors (Lipinski definition) is 2. The molecule has 1 saturated carbocycles. The topological polar surface area (TPSA) is 67.4 Å². The van der Waals surface area contributed by atoms with Crippen molar-refractivity contribution in [1.29, 1.82) is 0 Å². The van der Waals surface area contributed by atoms with Gasteiger partial charge >= 0.3 is 12.0 Å². The highest BCUT2D eigenvalue weighted by molar-refractivity contribution is 7.99. The number of thioether (sulfide) groups is 1. The van der Waals surface area contributed by atoms with Gasteiger partial charge in [-0.2, -0.15) is 0 Å². The highest BCUT2D eigenvalue weighted by Crippen LogP contribution is 2.24. The molecule has 2 amide bonds. The average molecular weight is 350 g/mol. The van der Waals surface area contributed by atoms with Gasteiger partial charge in [0, 0.05) is 17.5 Å². The number of methoxy groups -OCH3 is 1. The second kappa shape index (κ2) is 9.57. The van der Waals surface area contributed by atoms with E-state index >= 15 is 0 Å². The molecule has 0 heterocycles. The van der Waals surface area contributed by atoms with E-state index in [1.807, 2.05) is 24.3 Å².